The molecule has 0 aliphatic heterocycles. The van der Waals surface area contributed by atoms with Gasteiger partial charge in [0.05, 0.1) is 19.2 Å². The molecule has 0 aliphatic carbocycles. The van der Waals surface area contributed by atoms with Gasteiger partial charge in [0, 0.05) is 18.7 Å². The van der Waals surface area contributed by atoms with Crippen LogP contribution in [0.1, 0.15) is 11.6 Å². The zero-order valence-corrected chi connectivity index (χ0v) is 9.90. The lowest BCUT2D eigenvalue weighted by Crippen LogP contribution is -2.39. The summed E-state index contributed by atoms with van der Waals surface area (Å²) in [5.41, 5.74) is 5.82. The third-order valence-corrected chi connectivity index (χ3v) is 2.69. The summed E-state index contributed by atoms with van der Waals surface area (Å²) in [6.07, 6.45) is -2.56. The molecule has 0 fully saturated rings. The maximum Gasteiger partial charge on any atom is 0.251 e. The number of nitrogens with two attached hydrogens (primary N) is 1. The summed E-state index contributed by atoms with van der Waals surface area (Å²) in [4.78, 5) is 1.29. The summed E-state index contributed by atoms with van der Waals surface area (Å²) in [7, 11) is 0. The van der Waals surface area contributed by atoms with E-state index in [4.69, 9.17) is 10.8 Å². The SMILES string of the molecule is NCC(c1ccccc1F)N(CCO)CC(F)F. The first-order valence-corrected chi connectivity index (χ1v) is 5.67. The number of hydrogen-bond donors (Lipinski definition) is 2. The molecule has 0 saturated heterocycles. The molecule has 1 unspecified atom stereocenters. The number of nitrogens with zero attached hydrogens (tertiary/aromatic N) is 1. The zero-order chi connectivity index (χ0) is 13.5. The van der Waals surface area contributed by atoms with E-state index in [1.54, 1.807) is 6.07 Å². The lowest BCUT2D eigenvalue weighted by Gasteiger charge is -2.30. The van der Waals surface area contributed by atoms with Crippen LogP contribution in [0.2, 0.25) is 0 Å². The average molecular weight is 262 g/mol. The number of aliphatic hydroxyl groups excluding tert-OH is 1. The summed E-state index contributed by atoms with van der Waals surface area (Å²) < 4.78 is 38.6. The van der Waals surface area contributed by atoms with E-state index in [-0.39, 0.29) is 25.3 Å². The predicted molar refractivity (Wildman–Crippen MR) is 62.9 cm³/mol. The van der Waals surface area contributed by atoms with E-state index in [0.29, 0.717) is 0 Å². The minimum atomic E-state index is -2.56. The maximum atomic E-state index is 13.6. The Morgan fingerprint density at radius 1 is 1.28 bits per heavy atom. The smallest absolute Gasteiger partial charge is 0.251 e. The Kier molecular flexibility index (Phi) is 6.11. The van der Waals surface area contributed by atoms with Gasteiger partial charge in [-0.1, -0.05) is 18.2 Å². The topological polar surface area (TPSA) is 49.5 Å². The van der Waals surface area contributed by atoms with Crippen LogP contribution in [0.5, 0.6) is 0 Å². The molecule has 0 heterocycles. The van der Waals surface area contributed by atoms with Crippen LogP contribution in [0.4, 0.5) is 13.2 Å². The van der Waals surface area contributed by atoms with Gasteiger partial charge < -0.3 is 10.8 Å². The highest BCUT2D eigenvalue weighted by Crippen LogP contribution is 2.22. The molecule has 1 aromatic rings. The molecule has 0 radical (unpaired) electrons. The number of hydrogen-bond acceptors (Lipinski definition) is 3. The zero-order valence-electron chi connectivity index (χ0n) is 9.90. The molecule has 0 bridgehead atoms. The summed E-state index contributed by atoms with van der Waals surface area (Å²) in [6, 6.07) is 5.27. The van der Waals surface area contributed by atoms with Crippen LogP contribution < -0.4 is 5.73 Å². The number of aliphatic hydroxyl groups is 1. The summed E-state index contributed by atoms with van der Waals surface area (Å²) in [5.74, 6) is -0.481. The first-order valence-electron chi connectivity index (χ1n) is 5.67. The van der Waals surface area contributed by atoms with Gasteiger partial charge in [-0.3, -0.25) is 4.90 Å². The highest BCUT2D eigenvalue weighted by Gasteiger charge is 2.23. The molecule has 1 rings (SSSR count). The number of halogens is 3. The van der Waals surface area contributed by atoms with Gasteiger partial charge in [0.25, 0.3) is 6.43 Å². The highest BCUT2D eigenvalue weighted by atomic mass is 19.3. The third kappa shape index (κ3) is 3.97. The fraction of sp³-hybridized carbons (Fsp3) is 0.500. The van der Waals surface area contributed by atoms with E-state index in [9.17, 15) is 13.2 Å². The normalized spacial score (nSPS) is 13.3. The van der Waals surface area contributed by atoms with Crippen LogP contribution in [0, 0.1) is 5.82 Å². The van der Waals surface area contributed by atoms with Crippen molar-refractivity contribution < 1.29 is 18.3 Å². The van der Waals surface area contributed by atoms with Crippen LogP contribution in [0.3, 0.4) is 0 Å². The summed E-state index contributed by atoms with van der Waals surface area (Å²) in [6.45, 7) is -0.789. The first kappa shape index (κ1) is 14.9. The van der Waals surface area contributed by atoms with Gasteiger partial charge in [0.2, 0.25) is 0 Å². The van der Waals surface area contributed by atoms with Crippen LogP contribution >= 0.6 is 0 Å². The van der Waals surface area contributed by atoms with E-state index < -0.39 is 24.8 Å². The Morgan fingerprint density at radius 3 is 2.44 bits per heavy atom. The molecule has 6 heteroatoms. The van der Waals surface area contributed by atoms with Gasteiger partial charge in [-0.25, -0.2) is 13.2 Å². The second-order valence-electron chi connectivity index (χ2n) is 3.88. The molecule has 0 amide bonds. The van der Waals surface area contributed by atoms with Crippen molar-refractivity contribution in [2.24, 2.45) is 5.73 Å². The van der Waals surface area contributed by atoms with Crippen molar-refractivity contribution in [1.29, 1.82) is 0 Å². The van der Waals surface area contributed by atoms with Crippen molar-refractivity contribution >= 4 is 0 Å². The molecule has 0 spiro atoms. The van der Waals surface area contributed by atoms with Gasteiger partial charge in [-0.2, -0.15) is 0 Å². The highest BCUT2D eigenvalue weighted by molar-refractivity contribution is 5.21. The number of benzene rings is 1. The summed E-state index contributed by atoms with van der Waals surface area (Å²) >= 11 is 0. The molecule has 1 aromatic carbocycles. The molecule has 3 N–H and O–H groups in total. The average Bonchev–Trinajstić information content (AvgIpc) is 2.32. The van der Waals surface area contributed by atoms with Crippen molar-refractivity contribution in [2.75, 3.05) is 26.2 Å². The molecular formula is C12H17F3N2O. The van der Waals surface area contributed by atoms with E-state index in [2.05, 4.69) is 0 Å². The maximum absolute atomic E-state index is 13.6. The Bertz CT molecular complexity index is 363. The van der Waals surface area contributed by atoms with Crippen LogP contribution in [-0.4, -0.2) is 42.7 Å². The van der Waals surface area contributed by atoms with Gasteiger partial charge in [0.1, 0.15) is 5.82 Å². The van der Waals surface area contributed by atoms with Crippen molar-refractivity contribution in [3.63, 3.8) is 0 Å². The fourth-order valence-electron chi connectivity index (χ4n) is 1.90. The largest absolute Gasteiger partial charge is 0.395 e. The lowest BCUT2D eigenvalue weighted by atomic mass is 10.0. The fourth-order valence-corrected chi connectivity index (χ4v) is 1.90. The van der Waals surface area contributed by atoms with Gasteiger partial charge in [0.15, 0.2) is 0 Å². The molecule has 18 heavy (non-hydrogen) atoms. The molecule has 1 atom stereocenters. The van der Waals surface area contributed by atoms with Gasteiger partial charge in [-0.15, -0.1) is 0 Å². The minimum absolute atomic E-state index is 0.00759. The standard InChI is InChI=1S/C12H17F3N2O/c13-10-4-2-1-3-9(10)11(7-16)17(5-6-18)8-12(14)15/h1-4,11-12,18H,5-8,16H2. The third-order valence-electron chi connectivity index (χ3n) is 2.69. The summed E-state index contributed by atoms with van der Waals surface area (Å²) in [5, 5.41) is 8.89. The van der Waals surface area contributed by atoms with Gasteiger partial charge in [-0.05, 0) is 6.07 Å². The van der Waals surface area contributed by atoms with E-state index in [1.165, 1.54) is 23.1 Å². The second-order valence-corrected chi connectivity index (χ2v) is 3.88. The minimum Gasteiger partial charge on any atom is -0.395 e. The van der Waals surface area contributed by atoms with Crippen molar-refractivity contribution in [2.45, 2.75) is 12.5 Å². The number of rotatable bonds is 7. The Morgan fingerprint density at radius 2 is 1.94 bits per heavy atom. The Hall–Kier alpha value is -1.11. The van der Waals surface area contributed by atoms with Crippen molar-refractivity contribution in [1.82, 2.24) is 4.90 Å². The van der Waals surface area contributed by atoms with Crippen LogP contribution in [0.25, 0.3) is 0 Å². The Balaban J connectivity index is 2.94. The van der Waals surface area contributed by atoms with Gasteiger partial charge >= 0.3 is 0 Å². The van der Waals surface area contributed by atoms with E-state index >= 15 is 0 Å². The molecule has 102 valence electrons. The van der Waals surface area contributed by atoms with Crippen LogP contribution in [-0.2, 0) is 0 Å². The van der Waals surface area contributed by atoms with Crippen molar-refractivity contribution in [3.8, 4) is 0 Å². The number of alkyl halides is 2. The quantitative estimate of drug-likeness (QED) is 0.780. The lowest BCUT2D eigenvalue weighted by molar-refractivity contribution is 0.0553. The second kappa shape index (κ2) is 7.35. The van der Waals surface area contributed by atoms with Crippen LogP contribution in [0.15, 0.2) is 24.3 Å². The molecular weight excluding hydrogens is 245 g/mol. The molecule has 3 nitrogen and oxygen atoms in total. The van der Waals surface area contributed by atoms with E-state index in [1.807, 2.05) is 0 Å². The monoisotopic (exact) mass is 262 g/mol. The van der Waals surface area contributed by atoms with E-state index in [0.717, 1.165) is 0 Å². The molecule has 0 saturated carbocycles. The predicted octanol–water partition coefficient (Wildman–Crippen LogP) is 1.38. The molecule has 0 aliphatic rings. The molecule has 0 aromatic heterocycles. The first-order chi connectivity index (χ1) is 8.60. The Labute approximate surface area is 104 Å². The van der Waals surface area contributed by atoms with Crippen molar-refractivity contribution in [3.05, 3.63) is 35.6 Å².